The summed E-state index contributed by atoms with van der Waals surface area (Å²) in [5.74, 6) is -1.57. The number of aliphatic carboxylic acids is 1. The van der Waals surface area contributed by atoms with Gasteiger partial charge in [0.15, 0.2) is 0 Å². The molecule has 1 N–H and O–H groups in total. The number of hydrogen-bond donors (Lipinski definition) is 1. The number of rotatable bonds is 19. The lowest BCUT2D eigenvalue weighted by molar-refractivity contribution is -0.275. The first-order valence-electron chi connectivity index (χ1n) is 12.5. The minimum absolute atomic E-state index is 0.189. The van der Waals surface area contributed by atoms with Gasteiger partial charge in [-0.2, -0.15) is 0 Å². The zero-order chi connectivity index (χ0) is 23.8. The van der Waals surface area contributed by atoms with Gasteiger partial charge in [0, 0.05) is 26.4 Å². The van der Waals surface area contributed by atoms with E-state index in [0.29, 0.717) is 26.4 Å². The molecule has 0 aliphatic carbocycles. The summed E-state index contributed by atoms with van der Waals surface area (Å²) in [6.45, 7) is 10.3. The average molecular weight is 465 g/mol. The smallest absolute Gasteiger partial charge is 0.341 e. The fourth-order valence-electron chi connectivity index (χ4n) is 3.57. The fraction of sp³-hybridized carbons (Fsp3) is 0.958. The lowest BCUT2D eigenvalue weighted by atomic mass is 9.91. The molecule has 0 aromatic carbocycles. The van der Waals surface area contributed by atoms with E-state index in [9.17, 15) is 14.3 Å². The van der Waals surface area contributed by atoms with Gasteiger partial charge in [0.05, 0.1) is 6.61 Å². The van der Waals surface area contributed by atoms with Gasteiger partial charge in [-0.05, 0) is 25.7 Å². The number of carboxylic acids is 1. The van der Waals surface area contributed by atoms with Crippen molar-refractivity contribution in [1.29, 1.82) is 0 Å². The highest BCUT2D eigenvalue weighted by Crippen LogP contribution is 2.32. The van der Waals surface area contributed by atoms with E-state index in [2.05, 4.69) is 20.8 Å². The monoisotopic (exact) mass is 464 g/mol. The van der Waals surface area contributed by atoms with Crippen LogP contribution >= 0.6 is 0 Å². The first-order valence-corrected chi connectivity index (χ1v) is 12.5. The quantitative estimate of drug-likeness (QED) is 0.281. The van der Waals surface area contributed by atoms with Gasteiger partial charge in [0.1, 0.15) is 30.5 Å². The Morgan fingerprint density at radius 1 is 0.812 bits per heavy atom. The third kappa shape index (κ3) is 10.00. The number of carboxylic acid groups (broad SMARTS) is 1. The second kappa shape index (κ2) is 17.6. The van der Waals surface area contributed by atoms with Crippen LogP contribution in [0.2, 0.25) is 0 Å². The third-order valence-electron chi connectivity index (χ3n) is 5.54. The average Bonchev–Trinajstić information content (AvgIpc) is 2.78. The van der Waals surface area contributed by atoms with Gasteiger partial charge in [-0.25, -0.2) is 9.18 Å². The molecule has 8 heteroatoms. The van der Waals surface area contributed by atoms with Crippen LogP contribution < -0.4 is 0 Å². The molecule has 0 radical (unpaired) electrons. The van der Waals surface area contributed by atoms with E-state index in [0.717, 1.165) is 51.4 Å². The summed E-state index contributed by atoms with van der Waals surface area (Å²) in [5, 5.41) is 9.38. The second-order valence-electron chi connectivity index (χ2n) is 8.37. The number of halogens is 1. The highest BCUT2D eigenvalue weighted by atomic mass is 19.1. The van der Waals surface area contributed by atoms with Crippen LogP contribution in [-0.2, 0) is 28.5 Å². The molecule has 1 aliphatic heterocycles. The lowest BCUT2D eigenvalue weighted by Crippen LogP contribution is -2.64. The van der Waals surface area contributed by atoms with Gasteiger partial charge in [-0.1, -0.05) is 53.4 Å². The van der Waals surface area contributed by atoms with E-state index in [1.165, 1.54) is 0 Å². The van der Waals surface area contributed by atoms with Crippen molar-refractivity contribution in [2.45, 2.75) is 116 Å². The molecule has 0 amide bonds. The molecule has 6 atom stereocenters. The predicted molar refractivity (Wildman–Crippen MR) is 121 cm³/mol. The van der Waals surface area contributed by atoms with Gasteiger partial charge in [-0.15, -0.1) is 0 Å². The number of unbranched alkanes of at least 4 members (excludes halogenated alkanes) is 4. The molecular formula is C24H45FO7. The van der Waals surface area contributed by atoms with E-state index in [1.807, 2.05) is 6.92 Å². The number of carbonyl (C=O) groups is 1. The lowest BCUT2D eigenvalue weighted by Gasteiger charge is -2.46. The van der Waals surface area contributed by atoms with Crippen LogP contribution in [0.25, 0.3) is 0 Å². The SMILES string of the molecule is CCCCOC[C@H]1O[C@@H](C(F)C(=O)O)[C@H](OCCCC)[C@@H](OCCCC)[C@@H]1OCCCC. The molecule has 1 fully saturated rings. The second-order valence-corrected chi connectivity index (χ2v) is 8.37. The van der Waals surface area contributed by atoms with Crippen molar-refractivity contribution in [1.82, 2.24) is 0 Å². The molecule has 0 bridgehead atoms. The van der Waals surface area contributed by atoms with Crippen molar-refractivity contribution >= 4 is 5.97 Å². The minimum atomic E-state index is -2.23. The molecule has 1 unspecified atom stereocenters. The summed E-state index contributed by atoms with van der Waals surface area (Å²) in [5.41, 5.74) is 0. The van der Waals surface area contributed by atoms with Crippen molar-refractivity contribution < 1.29 is 38.0 Å². The number of ether oxygens (including phenoxy) is 5. The molecular weight excluding hydrogens is 419 g/mol. The van der Waals surface area contributed by atoms with Crippen LogP contribution in [0.1, 0.15) is 79.1 Å². The van der Waals surface area contributed by atoms with E-state index in [1.54, 1.807) is 0 Å². The first-order chi connectivity index (χ1) is 15.5. The van der Waals surface area contributed by atoms with E-state index in [-0.39, 0.29) is 6.61 Å². The van der Waals surface area contributed by atoms with Crippen LogP contribution in [0.5, 0.6) is 0 Å². The Labute approximate surface area is 193 Å². The summed E-state index contributed by atoms with van der Waals surface area (Å²) in [4.78, 5) is 11.5. The Hall–Kier alpha value is -0.800. The number of alkyl halides is 1. The molecule has 32 heavy (non-hydrogen) atoms. The topological polar surface area (TPSA) is 83.5 Å². The summed E-state index contributed by atoms with van der Waals surface area (Å²) in [7, 11) is 0. The van der Waals surface area contributed by atoms with Crippen LogP contribution in [0, 0.1) is 0 Å². The Morgan fingerprint density at radius 2 is 1.28 bits per heavy atom. The largest absolute Gasteiger partial charge is 0.479 e. The Balaban J connectivity index is 3.16. The summed E-state index contributed by atoms with van der Waals surface area (Å²) < 4.78 is 45.0. The number of hydrogen-bond acceptors (Lipinski definition) is 6. The van der Waals surface area contributed by atoms with Crippen LogP contribution in [0.4, 0.5) is 4.39 Å². The fourth-order valence-corrected chi connectivity index (χ4v) is 3.57. The normalized spacial score (nSPS) is 26.8. The highest BCUT2D eigenvalue weighted by Gasteiger charge is 2.52. The zero-order valence-electron chi connectivity index (χ0n) is 20.4. The Bertz CT molecular complexity index is 479. The Morgan fingerprint density at radius 3 is 1.78 bits per heavy atom. The molecule has 0 saturated carbocycles. The van der Waals surface area contributed by atoms with Gasteiger partial charge < -0.3 is 28.8 Å². The standard InChI is InChI=1S/C24H45FO7/c1-5-9-13-28-17-18-20(29-14-10-6-2)22(30-15-11-7-3)23(31-16-12-8-4)21(32-18)19(25)24(26)27/h18-23H,5-17H2,1-4H3,(H,26,27)/t18-,19?,20-,21+,22+,23+/m1/s1. The van der Waals surface area contributed by atoms with Gasteiger partial charge in [0.2, 0.25) is 6.17 Å². The van der Waals surface area contributed by atoms with Crippen molar-refractivity contribution in [3.8, 4) is 0 Å². The van der Waals surface area contributed by atoms with E-state index in [4.69, 9.17) is 23.7 Å². The molecule has 1 aliphatic rings. The maximum Gasteiger partial charge on any atom is 0.341 e. The molecule has 1 rings (SSSR count). The van der Waals surface area contributed by atoms with Crippen molar-refractivity contribution in [2.75, 3.05) is 33.0 Å². The minimum Gasteiger partial charge on any atom is -0.479 e. The predicted octanol–water partition coefficient (Wildman–Crippen LogP) is 4.55. The zero-order valence-corrected chi connectivity index (χ0v) is 20.4. The van der Waals surface area contributed by atoms with Crippen LogP contribution in [0.15, 0.2) is 0 Å². The molecule has 1 heterocycles. The van der Waals surface area contributed by atoms with Crippen LogP contribution in [-0.4, -0.2) is 80.8 Å². The van der Waals surface area contributed by atoms with Crippen molar-refractivity contribution in [2.24, 2.45) is 0 Å². The van der Waals surface area contributed by atoms with E-state index >= 15 is 0 Å². The summed E-state index contributed by atoms with van der Waals surface area (Å²) >= 11 is 0. The third-order valence-corrected chi connectivity index (χ3v) is 5.54. The van der Waals surface area contributed by atoms with Gasteiger partial charge in [0.25, 0.3) is 0 Å². The highest BCUT2D eigenvalue weighted by molar-refractivity contribution is 5.73. The Kier molecular flexibility index (Phi) is 16.1. The van der Waals surface area contributed by atoms with Crippen molar-refractivity contribution in [3.63, 3.8) is 0 Å². The van der Waals surface area contributed by atoms with Gasteiger partial charge in [-0.3, -0.25) is 0 Å². The molecule has 0 spiro atoms. The molecule has 190 valence electrons. The molecule has 0 aromatic heterocycles. The van der Waals surface area contributed by atoms with Crippen LogP contribution in [0.3, 0.4) is 0 Å². The molecule has 1 saturated heterocycles. The first kappa shape index (κ1) is 29.2. The maximum atomic E-state index is 14.8. The van der Waals surface area contributed by atoms with Gasteiger partial charge >= 0.3 is 5.97 Å². The molecule has 7 nitrogen and oxygen atoms in total. The van der Waals surface area contributed by atoms with Crippen molar-refractivity contribution in [3.05, 3.63) is 0 Å². The summed E-state index contributed by atoms with van der Waals surface area (Å²) in [6.07, 6.45) is 1.01. The summed E-state index contributed by atoms with van der Waals surface area (Å²) in [6, 6.07) is 0. The van der Waals surface area contributed by atoms with E-state index < -0.39 is 42.7 Å². The molecule has 0 aromatic rings. The maximum absolute atomic E-state index is 14.8.